The highest BCUT2D eigenvalue weighted by atomic mass is 32.2. The van der Waals surface area contributed by atoms with Gasteiger partial charge in [0.25, 0.3) is 0 Å². The lowest BCUT2D eigenvalue weighted by atomic mass is 9.88. The summed E-state index contributed by atoms with van der Waals surface area (Å²) in [6, 6.07) is 18.0. The molecule has 0 saturated carbocycles. The molecule has 2 atom stereocenters. The van der Waals surface area contributed by atoms with E-state index in [2.05, 4.69) is 86.2 Å². The molecule has 116 valence electrons. The number of thioether (sulfide) groups is 1. The van der Waals surface area contributed by atoms with E-state index in [1.807, 2.05) is 0 Å². The van der Waals surface area contributed by atoms with Gasteiger partial charge in [0, 0.05) is 16.1 Å². The van der Waals surface area contributed by atoms with E-state index >= 15 is 0 Å². The third kappa shape index (κ3) is 3.23. The quantitative estimate of drug-likeness (QED) is 0.751. The molecule has 0 fully saturated rings. The molecule has 0 N–H and O–H groups in total. The average molecular weight is 311 g/mol. The van der Waals surface area contributed by atoms with Crippen LogP contribution in [0.1, 0.15) is 47.6 Å². The number of nitrogens with zero attached hydrogens (tertiary/aromatic N) is 1. The second-order valence-electron chi connectivity index (χ2n) is 6.44. The van der Waals surface area contributed by atoms with E-state index in [-0.39, 0.29) is 0 Å². The Bertz CT molecular complexity index is 635. The van der Waals surface area contributed by atoms with Gasteiger partial charge in [0.1, 0.15) is 0 Å². The lowest BCUT2D eigenvalue weighted by molar-refractivity contribution is 0.393. The van der Waals surface area contributed by atoms with Crippen LogP contribution in [0.5, 0.6) is 0 Å². The van der Waals surface area contributed by atoms with Gasteiger partial charge in [-0.15, -0.1) is 11.8 Å². The summed E-state index contributed by atoms with van der Waals surface area (Å²) in [5.74, 6) is 0.485. The van der Waals surface area contributed by atoms with Crippen molar-refractivity contribution in [1.82, 2.24) is 4.90 Å². The van der Waals surface area contributed by atoms with E-state index in [0.717, 1.165) is 6.54 Å². The predicted octanol–water partition coefficient (Wildman–Crippen LogP) is 5.33. The molecule has 0 unspecified atom stereocenters. The van der Waals surface area contributed by atoms with E-state index in [1.165, 1.54) is 34.4 Å². The molecule has 0 spiro atoms. The van der Waals surface area contributed by atoms with E-state index in [0.29, 0.717) is 11.2 Å². The van der Waals surface area contributed by atoms with Gasteiger partial charge in [0.2, 0.25) is 0 Å². The molecule has 0 saturated heterocycles. The first-order valence-electron chi connectivity index (χ1n) is 8.16. The maximum absolute atomic E-state index is 2.35. The Labute approximate surface area is 138 Å². The molecular weight excluding hydrogens is 286 g/mol. The Balaban J connectivity index is 1.95. The lowest BCUT2D eigenvalue weighted by Gasteiger charge is -2.19. The first kappa shape index (κ1) is 15.6. The Morgan fingerprint density at radius 3 is 2.27 bits per heavy atom. The summed E-state index contributed by atoms with van der Waals surface area (Å²) in [6.07, 6.45) is 2.48. The zero-order chi connectivity index (χ0) is 15.5. The summed E-state index contributed by atoms with van der Waals surface area (Å²) in [5, 5.41) is 0.572. The number of benzene rings is 2. The molecule has 0 radical (unpaired) electrons. The third-order valence-corrected chi connectivity index (χ3v) is 5.94. The van der Waals surface area contributed by atoms with Gasteiger partial charge in [-0.25, -0.2) is 0 Å². The van der Waals surface area contributed by atoms with Gasteiger partial charge in [-0.3, -0.25) is 0 Å². The second kappa shape index (κ2) is 6.89. The zero-order valence-electron chi connectivity index (χ0n) is 13.8. The van der Waals surface area contributed by atoms with Crippen molar-refractivity contribution in [3.05, 3.63) is 65.2 Å². The average Bonchev–Trinajstić information content (AvgIpc) is 2.64. The summed E-state index contributed by atoms with van der Waals surface area (Å²) in [6.45, 7) is 3.51. The lowest BCUT2D eigenvalue weighted by Crippen LogP contribution is -2.13. The molecule has 1 nitrogen and oxygen atoms in total. The van der Waals surface area contributed by atoms with Gasteiger partial charge in [-0.05, 0) is 56.2 Å². The van der Waals surface area contributed by atoms with E-state index in [1.54, 1.807) is 0 Å². The summed E-state index contributed by atoms with van der Waals surface area (Å²) in [4.78, 5) is 3.74. The number of rotatable bonds is 4. The van der Waals surface area contributed by atoms with Crippen LogP contribution in [0.3, 0.4) is 0 Å². The number of fused-ring (bicyclic) bond motifs is 2. The molecule has 1 aliphatic heterocycles. The van der Waals surface area contributed by atoms with E-state index < -0.39 is 0 Å². The van der Waals surface area contributed by atoms with Gasteiger partial charge in [-0.1, -0.05) is 49.4 Å². The van der Waals surface area contributed by atoms with Gasteiger partial charge >= 0.3 is 0 Å². The number of hydrogen-bond donors (Lipinski definition) is 0. The largest absolute Gasteiger partial charge is 0.309 e. The molecule has 0 aliphatic carbocycles. The van der Waals surface area contributed by atoms with Crippen LogP contribution in [0.25, 0.3) is 0 Å². The van der Waals surface area contributed by atoms with Crippen molar-refractivity contribution in [3.8, 4) is 0 Å². The second-order valence-corrected chi connectivity index (χ2v) is 7.68. The molecule has 0 amide bonds. The van der Waals surface area contributed by atoms with E-state index in [9.17, 15) is 0 Å². The zero-order valence-corrected chi connectivity index (χ0v) is 14.6. The Morgan fingerprint density at radius 2 is 1.55 bits per heavy atom. The summed E-state index contributed by atoms with van der Waals surface area (Å²) in [7, 11) is 4.32. The fraction of sp³-hybridized carbons (Fsp3) is 0.400. The highest BCUT2D eigenvalue weighted by Gasteiger charge is 2.26. The first-order valence-corrected chi connectivity index (χ1v) is 9.04. The number of hydrogen-bond acceptors (Lipinski definition) is 2. The summed E-state index contributed by atoms with van der Waals surface area (Å²) in [5.41, 5.74) is 4.53. The molecular formula is C20H25NS. The van der Waals surface area contributed by atoms with Crippen molar-refractivity contribution < 1.29 is 0 Å². The predicted molar refractivity (Wildman–Crippen MR) is 96.8 cm³/mol. The van der Waals surface area contributed by atoms with Crippen LogP contribution < -0.4 is 0 Å². The van der Waals surface area contributed by atoms with Crippen LogP contribution in [0.4, 0.5) is 0 Å². The van der Waals surface area contributed by atoms with Crippen molar-refractivity contribution in [2.45, 2.75) is 35.8 Å². The maximum Gasteiger partial charge on any atom is 0.0348 e. The molecule has 1 heterocycles. The van der Waals surface area contributed by atoms with Gasteiger partial charge in [0.05, 0.1) is 0 Å². The molecule has 0 bridgehead atoms. The molecule has 2 heteroatoms. The normalized spacial score (nSPS) is 20.4. The molecule has 22 heavy (non-hydrogen) atoms. The Hall–Kier alpha value is -1.25. The SMILES string of the molecule is C[C@H]1c2ccccc2S[C@H](CCCN(C)C)c2ccccc21. The highest BCUT2D eigenvalue weighted by molar-refractivity contribution is 7.99. The van der Waals surface area contributed by atoms with E-state index in [4.69, 9.17) is 0 Å². The standard InChI is InChI=1S/C20H25NS/c1-15-16-9-4-5-11-18(16)20(13-8-14-21(2)3)22-19-12-7-6-10-17(15)19/h4-7,9-12,15,20H,8,13-14H2,1-3H3/t15-,20-/m1/s1. The third-order valence-electron chi connectivity index (χ3n) is 4.54. The highest BCUT2D eigenvalue weighted by Crippen LogP contribution is 2.48. The monoisotopic (exact) mass is 311 g/mol. The molecule has 0 aromatic heterocycles. The minimum Gasteiger partial charge on any atom is -0.309 e. The van der Waals surface area contributed by atoms with Gasteiger partial charge < -0.3 is 4.90 Å². The van der Waals surface area contributed by atoms with Crippen LogP contribution in [-0.4, -0.2) is 25.5 Å². The molecule has 1 aliphatic rings. The molecule has 2 aromatic rings. The fourth-order valence-corrected chi connectivity index (χ4v) is 4.81. The Kier molecular flexibility index (Phi) is 4.90. The van der Waals surface area contributed by atoms with Crippen LogP contribution in [-0.2, 0) is 0 Å². The smallest absolute Gasteiger partial charge is 0.0348 e. The van der Waals surface area contributed by atoms with Gasteiger partial charge in [-0.2, -0.15) is 0 Å². The van der Waals surface area contributed by atoms with Crippen LogP contribution >= 0.6 is 11.8 Å². The molecule has 3 rings (SSSR count). The van der Waals surface area contributed by atoms with Crippen molar-refractivity contribution >= 4 is 11.8 Å². The van der Waals surface area contributed by atoms with Crippen LogP contribution in [0, 0.1) is 0 Å². The van der Waals surface area contributed by atoms with Crippen molar-refractivity contribution in [2.75, 3.05) is 20.6 Å². The molecule has 2 aromatic carbocycles. The first-order chi connectivity index (χ1) is 10.7. The van der Waals surface area contributed by atoms with Crippen molar-refractivity contribution in [2.24, 2.45) is 0 Å². The van der Waals surface area contributed by atoms with Crippen LogP contribution in [0.2, 0.25) is 0 Å². The topological polar surface area (TPSA) is 3.24 Å². The summed E-state index contributed by atoms with van der Waals surface area (Å²) >= 11 is 2.06. The minimum absolute atomic E-state index is 0.485. The Morgan fingerprint density at radius 1 is 0.909 bits per heavy atom. The van der Waals surface area contributed by atoms with Crippen molar-refractivity contribution in [3.63, 3.8) is 0 Å². The minimum atomic E-state index is 0.485. The fourth-order valence-electron chi connectivity index (χ4n) is 3.34. The van der Waals surface area contributed by atoms with Crippen LogP contribution in [0.15, 0.2) is 53.4 Å². The maximum atomic E-state index is 2.35. The van der Waals surface area contributed by atoms with Crippen molar-refractivity contribution in [1.29, 1.82) is 0 Å². The summed E-state index contributed by atoms with van der Waals surface area (Å²) < 4.78 is 0. The van der Waals surface area contributed by atoms with Gasteiger partial charge in [0.15, 0.2) is 0 Å².